The average Bonchev–Trinajstić information content (AvgIpc) is 2.48. The van der Waals surface area contributed by atoms with E-state index in [-0.39, 0.29) is 0 Å². The highest BCUT2D eigenvalue weighted by Gasteiger charge is 2.26. The number of ether oxygens (including phenoxy) is 2. The minimum atomic E-state index is -0.963. The predicted octanol–water partition coefficient (Wildman–Crippen LogP) is 0.485. The monoisotopic (exact) mass is 196 g/mol. The molecule has 74 valence electrons. The Hall–Kier alpha value is -2.17. The maximum Gasteiger partial charge on any atom is 0.382 e. The van der Waals surface area contributed by atoms with Gasteiger partial charge in [0.05, 0.1) is 6.08 Å². The summed E-state index contributed by atoms with van der Waals surface area (Å²) in [5.41, 5.74) is 0. The summed E-state index contributed by atoms with van der Waals surface area (Å²) in [5.74, 6) is -3.03. The number of cyclic esters (lactones) is 2. The molecule has 0 aromatic rings. The van der Waals surface area contributed by atoms with E-state index in [0.29, 0.717) is 0 Å². The molecule has 14 heavy (non-hydrogen) atoms. The van der Waals surface area contributed by atoms with Crippen LogP contribution in [0.15, 0.2) is 37.6 Å². The maximum absolute atomic E-state index is 10.6. The zero-order chi connectivity index (χ0) is 11.1. The highest BCUT2D eigenvalue weighted by Crippen LogP contribution is 2.09. The van der Waals surface area contributed by atoms with Crippen LogP contribution < -0.4 is 0 Å². The molecule has 1 heterocycles. The Morgan fingerprint density at radius 1 is 1.43 bits per heavy atom. The molecule has 0 atom stereocenters. The van der Waals surface area contributed by atoms with Gasteiger partial charge < -0.3 is 9.47 Å². The summed E-state index contributed by atoms with van der Waals surface area (Å²) in [7, 11) is 0. The van der Waals surface area contributed by atoms with Crippen LogP contribution in [0.3, 0.4) is 0 Å². The highest BCUT2D eigenvalue weighted by atomic mass is 16.6. The van der Waals surface area contributed by atoms with Crippen molar-refractivity contribution in [2.75, 3.05) is 0 Å². The first-order valence-corrected chi connectivity index (χ1v) is 3.45. The van der Waals surface area contributed by atoms with Crippen molar-refractivity contribution in [2.45, 2.75) is 0 Å². The van der Waals surface area contributed by atoms with Crippen molar-refractivity contribution in [3.8, 4) is 0 Å². The maximum atomic E-state index is 10.6. The van der Waals surface area contributed by atoms with E-state index in [1.54, 1.807) is 0 Å². The molecule has 0 spiro atoms. The zero-order valence-electron chi connectivity index (χ0n) is 7.32. The number of carbonyl (C=O) groups excluding carboxylic acids is 3. The molecule has 0 aliphatic carbocycles. The third-order valence-corrected chi connectivity index (χ3v) is 1.02. The number of rotatable bonds is 2. The Morgan fingerprint density at radius 2 is 2.00 bits per heavy atom. The van der Waals surface area contributed by atoms with Gasteiger partial charge in [0.1, 0.15) is 0 Å². The summed E-state index contributed by atoms with van der Waals surface area (Å²) in [6.45, 7) is 9.11. The minimum Gasteiger partial charge on any atom is -0.415 e. The molecule has 0 aromatic heterocycles. The zero-order valence-corrected chi connectivity index (χ0v) is 7.32. The molecular formula is C9H8O5. The quantitative estimate of drug-likeness (QED) is 0.278. The van der Waals surface area contributed by atoms with E-state index in [2.05, 4.69) is 29.2 Å². The highest BCUT2D eigenvalue weighted by molar-refractivity contribution is 6.08. The van der Waals surface area contributed by atoms with Crippen LogP contribution in [0.1, 0.15) is 0 Å². The second-order valence-electron chi connectivity index (χ2n) is 1.84. The van der Waals surface area contributed by atoms with Gasteiger partial charge in [-0.15, -0.1) is 13.2 Å². The SMILES string of the molecule is C=C.C=CC(=O)OC1=CC(=O)OC1=O. The first kappa shape index (κ1) is 11.8. The van der Waals surface area contributed by atoms with Crippen molar-refractivity contribution in [3.63, 3.8) is 0 Å². The van der Waals surface area contributed by atoms with Crippen LogP contribution in [0.5, 0.6) is 0 Å². The Morgan fingerprint density at radius 3 is 2.36 bits per heavy atom. The molecule has 5 nitrogen and oxygen atoms in total. The number of hydrogen-bond acceptors (Lipinski definition) is 5. The van der Waals surface area contributed by atoms with Crippen molar-refractivity contribution in [3.05, 3.63) is 37.6 Å². The van der Waals surface area contributed by atoms with E-state index in [0.717, 1.165) is 12.2 Å². The summed E-state index contributed by atoms with van der Waals surface area (Å²) in [6.07, 6.45) is 1.67. The molecule has 0 bridgehead atoms. The molecule has 0 unspecified atom stereocenters. The van der Waals surface area contributed by atoms with Crippen LogP contribution in [0.2, 0.25) is 0 Å². The summed E-state index contributed by atoms with van der Waals surface area (Å²) in [6, 6.07) is 0. The van der Waals surface area contributed by atoms with Crippen molar-refractivity contribution in [1.82, 2.24) is 0 Å². The van der Waals surface area contributed by atoms with Crippen LogP contribution >= 0.6 is 0 Å². The van der Waals surface area contributed by atoms with Crippen LogP contribution in [-0.4, -0.2) is 17.9 Å². The summed E-state index contributed by atoms with van der Waals surface area (Å²) in [4.78, 5) is 31.5. The van der Waals surface area contributed by atoms with Gasteiger partial charge in [0.15, 0.2) is 0 Å². The van der Waals surface area contributed by atoms with Gasteiger partial charge in [0.25, 0.3) is 0 Å². The third-order valence-electron chi connectivity index (χ3n) is 1.02. The first-order valence-electron chi connectivity index (χ1n) is 3.45. The lowest BCUT2D eigenvalue weighted by Crippen LogP contribution is -2.07. The fourth-order valence-electron chi connectivity index (χ4n) is 0.558. The normalized spacial score (nSPS) is 13.3. The summed E-state index contributed by atoms with van der Waals surface area (Å²) < 4.78 is 8.39. The van der Waals surface area contributed by atoms with E-state index >= 15 is 0 Å². The van der Waals surface area contributed by atoms with E-state index in [1.165, 1.54) is 0 Å². The van der Waals surface area contributed by atoms with Crippen LogP contribution in [0, 0.1) is 0 Å². The Kier molecular flexibility index (Phi) is 4.62. The Bertz CT molecular complexity index is 313. The summed E-state index contributed by atoms with van der Waals surface area (Å²) in [5, 5.41) is 0. The first-order chi connectivity index (χ1) is 6.63. The Labute approximate surface area is 80.3 Å². The second-order valence-corrected chi connectivity index (χ2v) is 1.84. The van der Waals surface area contributed by atoms with Gasteiger partial charge in [0.2, 0.25) is 5.76 Å². The fraction of sp³-hybridized carbons (Fsp3) is 0. The van der Waals surface area contributed by atoms with Gasteiger partial charge in [0, 0.05) is 6.08 Å². The van der Waals surface area contributed by atoms with E-state index in [4.69, 9.17) is 0 Å². The van der Waals surface area contributed by atoms with Gasteiger partial charge in [-0.1, -0.05) is 6.58 Å². The lowest BCUT2D eigenvalue weighted by molar-refractivity contribution is -0.154. The lowest BCUT2D eigenvalue weighted by Gasteiger charge is -1.95. The molecule has 0 aromatic carbocycles. The van der Waals surface area contributed by atoms with E-state index < -0.39 is 23.7 Å². The van der Waals surface area contributed by atoms with Crippen molar-refractivity contribution in [2.24, 2.45) is 0 Å². The van der Waals surface area contributed by atoms with Crippen molar-refractivity contribution in [1.29, 1.82) is 0 Å². The Balaban J connectivity index is 0.000000791. The van der Waals surface area contributed by atoms with Gasteiger partial charge >= 0.3 is 17.9 Å². The molecular weight excluding hydrogens is 188 g/mol. The molecule has 0 saturated heterocycles. The summed E-state index contributed by atoms with van der Waals surface area (Å²) >= 11 is 0. The fourth-order valence-corrected chi connectivity index (χ4v) is 0.558. The van der Waals surface area contributed by atoms with Crippen LogP contribution in [0.4, 0.5) is 0 Å². The molecule has 0 saturated carbocycles. The molecule has 0 fully saturated rings. The number of carbonyl (C=O) groups is 3. The topological polar surface area (TPSA) is 69.7 Å². The van der Waals surface area contributed by atoms with Crippen molar-refractivity contribution < 1.29 is 23.9 Å². The third kappa shape index (κ3) is 3.06. The van der Waals surface area contributed by atoms with Gasteiger partial charge in [-0.3, -0.25) is 0 Å². The second kappa shape index (κ2) is 5.47. The number of hydrogen-bond donors (Lipinski definition) is 0. The average molecular weight is 196 g/mol. The molecule has 1 rings (SSSR count). The molecule has 5 heteroatoms. The molecule has 1 aliphatic heterocycles. The minimum absolute atomic E-state index is 0.412. The molecule has 1 aliphatic rings. The largest absolute Gasteiger partial charge is 0.415 e. The van der Waals surface area contributed by atoms with Crippen molar-refractivity contribution >= 4 is 17.9 Å². The molecule has 0 N–H and O–H groups in total. The van der Waals surface area contributed by atoms with Crippen LogP contribution in [-0.2, 0) is 23.9 Å². The molecule has 0 radical (unpaired) electrons. The number of esters is 3. The standard InChI is InChI=1S/C7H4O5.C2H4/c1-2-5(8)11-4-3-6(9)12-7(4)10;1-2/h2-3H,1H2;1-2H2. The van der Waals surface area contributed by atoms with Gasteiger partial charge in [-0.2, -0.15) is 0 Å². The predicted molar refractivity (Wildman–Crippen MR) is 46.7 cm³/mol. The molecule has 0 amide bonds. The lowest BCUT2D eigenvalue weighted by atomic mass is 10.5. The van der Waals surface area contributed by atoms with Crippen LogP contribution in [0.25, 0.3) is 0 Å². The van der Waals surface area contributed by atoms with Gasteiger partial charge in [-0.05, 0) is 0 Å². The smallest absolute Gasteiger partial charge is 0.382 e. The van der Waals surface area contributed by atoms with Gasteiger partial charge in [-0.25, -0.2) is 14.4 Å². The van der Waals surface area contributed by atoms with E-state index in [1.807, 2.05) is 0 Å². The van der Waals surface area contributed by atoms with E-state index in [9.17, 15) is 14.4 Å².